The van der Waals surface area contributed by atoms with Crippen molar-refractivity contribution in [2.45, 2.75) is 27.3 Å². The summed E-state index contributed by atoms with van der Waals surface area (Å²) in [5, 5.41) is 11.2. The molecule has 0 heterocycles. The largest absolute Gasteiger partial charge is 0.478 e. The number of rotatable bonds is 4. The van der Waals surface area contributed by atoms with Crippen LogP contribution >= 0.6 is 0 Å². The van der Waals surface area contributed by atoms with Crippen LogP contribution in [-0.4, -0.2) is 17.0 Å². The highest BCUT2D eigenvalue weighted by atomic mass is 19.1. The summed E-state index contributed by atoms with van der Waals surface area (Å²) in [6, 6.07) is 4.24. The highest BCUT2D eigenvalue weighted by molar-refractivity contribution is 5.85. The monoisotopic (exact) mass is 279 g/mol. The van der Waals surface area contributed by atoms with E-state index >= 15 is 0 Å². The molecule has 1 aromatic carbocycles. The quantitative estimate of drug-likeness (QED) is 0.832. The number of benzene rings is 1. The summed E-state index contributed by atoms with van der Waals surface area (Å²) in [7, 11) is 0. The number of carbonyl (C=O) groups is 2. The van der Waals surface area contributed by atoms with Gasteiger partial charge >= 0.3 is 5.97 Å². The molecule has 20 heavy (non-hydrogen) atoms. The van der Waals surface area contributed by atoms with E-state index < -0.39 is 17.2 Å². The molecule has 2 N–H and O–H groups in total. The average Bonchev–Trinajstić information content (AvgIpc) is 2.34. The third-order valence-corrected chi connectivity index (χ3v) is 2.61. The van der Waals surface area contributed by atoms with Gasteiger partial charge in [0.2, 0.25) is 5.91 Å². The Labute approximate surface area is 117 Å². The van der Waals surface area contributed by atoms with E-state index in [1.54, 1.807) is 20.8 Å². The number of nitrogens with one attached hydrogen (secondary N) is 1. The van der Waals surface area contributed by atoms with Crippen molar-refractivity contribution < 1.29 is 19.1 Å². The lowest BCUT2D eigenvalue weighted by Gasteiger charge is -2.17. The second kappa shape index (κ2) is 6.32. The number of carboxylic acids is 1. The van der Waals surface area contributed by atoms with Gasteiger partial charge in [0.1, 0.15) is 5.82 Å². The van der Waals surface area contributed by atoms with Crippen LogP contribution in [0.3, 0.4) is 0 Å². The van der Waals surface area contributed by atoms with Crippen molar-refractivity contribution in [1.29, 1.82) is 0 Å². The summed E-state index contributed by atoms with van der Waals surface area (Å²) in [6.45, 7) is 5.37. The van der Waals surface area contributed by atoms with Gasteiger partial charge in [-0.15, -0.1) is 0 Å². The van der Waals surface area contributed by atoms with Crippen LogP contribution in [0.5, 0.6) is 0 Å². The van der Waals surface area contributed by atoms with E-state index in [4.69, 9.17) is 5.11 Å². The Hall–Kier alpha value is -2.17. The number of carboxylic acid groups (broad SMARTS) is 1. The van der Waals surface area contributed by atoms with E-state index in [0.717, 1.165) is 6.08 Å². The van der Waals surface area contributed by atoms with E-state index in [0.29, 0.717) is 11.1 Å². The van der Waals surface area contributed by atoms with E-state index in [1.165, 1.54) is 24.3 Å². The predicted molar refractivity (Wildman–Crippen MR) is 74.4 cm³/mol. The molecule has 1 amide bonds. The molecule has 1 rings (SSSR count). The summed E-state index contributed by atoms with van der Waals surface area (Å²) in [6.07, 6.45) is 2.35. The Kier molecular flexibility index (Phi) is 5.02. The molecule has 0 radical (unpaired) electrons. The first-order valence-corrected chi connectivity index (χ1v) is 6.18. The summed E-state index contributed by atoms with van der Waals surface area (Å²) >= 11 is 0. The number of hydrogen-bond acceptors (Lipinski definition) is 2. The first-order valence-electron chi connectivity index (χ1n) is 6.18. The van der Waals surface area contributed by atoms with Gasteiger partial charge in [0.05, 0.1) is 0 Å². The van der Waals surface area contributed by atoms with Crippen molar-refractivity contribution in [3.05, 3.63) is 41.2 Å². The second-order valence-electron chi connectivity index (χ2n) is 5.46. The molecule has 0 fully saturated rings. The first kappa shape index (κ1) is 15.9. The van der Waals surface area contributed by atoms with Crippen molar-refractivity contribution in [3.63, 3.8) is 0 Å². The van der Waals surface area contributed by atoms with Gasteiger partial charge in [-0.25, -0.2) is 9.18 Å². The predicted octanol–water partition coefficient (Wildman–Crippen LogP) is 2.59. The number of aliphatic carboxylic acids is 1. The maximum atomic E-state index is 13.6. The molecule has 1 aromatic rings. The van der Waals surface area contributed by atoms with E-state index in [1.807, 2.05) is 0 Å². The smallest absolute Gasteiger partial charge is 0.328 e. The molecule has 4 nitrogen and oxygen atoms in total. The van der Waals surface area contributed by atoms with Gasteiger partial charge in [-0.2, -0.15) is 0 Å². The minimum absolute atomic E-state index is 0.0662. The molecule has 0 spiro atoms. The molecular weight excluding hydrogens is 261 g/mol. The number of amides is 1. The molecule has 0 aliphatic heterocycles. The van der Waals surface area contributed by atoms with Crippen molar-refractivity contribution >= 4 is 18.0 Å². The second-order valence-corrected chi connectivity index (χ2v) is 5.46. The van der Waals surface area contributed by atoms with Crippen LogP contribution in [0.4, 0.5) is 4.39 Å². The molecule has 108 valence electrons. The van der Waals surface area contributed by atoms with Gasteiger partial charge in [-0.05, 0) is 23.8 Å². The van der Waals surface area contributed by atoms with Crippen LogP contribution in [0.2, 0.25) is 0 Å². The van der Waals surface area contributed by atoms with Crippen molar-refractivity contribution in [2.75, 3.05) is 0 Å². The van der Waals surface area contributed by atoms with Gasteiger partial charge in [-0.1, -0.05) is 26.8 Å². The molecule has 5 heteroatoms. The van der Waals surface area contributed by atoms with Crippen LogP contribution in [0, 0.1) is 11.2 Å². The van der Waals surface area contributed by atoms with Crippen molar-refractivity contribution in [2.24, 2.45) is 5.41 Å². The van der Waals surface area contributed by atoms with Crippen molar-refractivity contribution in [3.8, 4) is 0 Å². The van der Waals surface area contributed by atoms with Gasteiger partial charge in [0.15, 0.2) is 0 Å². The average molecular weight is 279 g/mol. The van der Waals surface area contributed by atoms with Crippen LogP contribution in [-0.2, 0) is 16.1 Å². The van der Waals surface area contributed by atoms with Gasteiger partial charge in [-0.3, -0.25) is 4.79 Å². The Bertz CT molecular complexity index is 545. The van der Waals surface area contributed by atoms with Crippen LogP contribution < -0.4 is 5.32 Å². The summed E-state index contributed by atoms with van der Waals surface area (Å²) < 4.78 is 13.6. The van der Waals surface area contributed by atoms with Crippen LogP contribution in [0.1, 0.15) is 31.9 Å². The molecule has 0 aliphatic carbocycles. The standard InChI is InChI=1S/C15H18FNO3/c1-15(2,3)14(20)17-9-11-8-10(4-6-12(11)16)5-7-13(18)19/h4-8H,9H2,1-3H3,(H,17,20)(H,18,19). The van der Waals surface area contributed by atoms with Gasteiger partial charge in [0, 0.05) is 23.6 Å². The van der Waals surface area contributed by atoms with Gasteiger partial charge < -0.3 is 10.4 Å². The molecule has 0 saturated carbocycles. The van der Waals surface area contributed by atoms with E-state index in [9.17, 15) is 14.0 Å². The summed E-state index contributed by atoms with van der Waals surface area (Å²) in [5.41, 5.74) is 0.334. The number of halogens is 1. The molecule has 0 saturated heterocycles. The minimum atomic E-state index is -1.07. The lowest BCUT2D eigenvalue weighted by molar-refractivity contribution is -0.131. The lowest BCUT2D eigenvalue weighted by atomic mass is 9.95. The lowest BCUT2D eigenvalue weighted by Crippen LogP contribution is -2.34. The Morgan fingerprint density at radius 2 is 2.00 bits per heavy atom. The Balaban J connectivity index is 2.82. The SMILES string of the molecule is CC(C)(C)C(=O)NCc1cc(C=CC(=O)O)ccc1F. The fourth-order valence-electron chi connectivity index (χ4n) is 1.44. The molecule has 0 atom stereocenters. The van der Waals surface area contributed by atoms with E-state index in [-0.39, 0.29) is 12.5 Å². The zero-order valence-electron chi connectivity index (χ0n) is 11.7. The van der Waals surface area contributed by atoms with Gasteiger partial charge in [0.25, 0.3) is 0 Å². The molecule has 0 bridgehead atoms. The van der Waals surface area contributed by atoms with Crippen molar-refractivity contribution in [1.82, 2.24) is 5.32 Å². The van der Waals surface area contributed by atoms with Crippen LogP contribution in [0.25, 0.3) is 6.08 Å². The highest BCUT2D eigenvalue weighted by Gasteiger charge is 2.20. The zero-order valence-corrected chi connectivity index (χ0v) is 11.7. The number of carbonyl (C=O) groups excluding carboxylic acids is 1. The highest BCUT2D eigenvalue weighted by Crippen LogP contribution is 2.15. The third kappa shape index (κ3) is 4.84. The first-order chi connectivity index (χ1) is 9.20. The Morgan fingerprint density at radius 3 is 2.55 bits per heavy atom. The summed E-state index contributed by atoms with van der Waals surface area (Å²) in [4.78, 5) is 22.2. The van der Waals surface area contributed by atoms with E-state index in [2.05, 4.69) is 5.32 Å². The topological polar surface area (TPSA) is 66.4 Å². The molecular formula is C15H18FNO3. The van der Waals surface area contributed by atoms with Crippen LogP contribution in [0.15, 0.2) is 24.3 Å². The maximum Gasteiger partial charge on any atom is 0.328 e. The fourth-order valence-corrected chi connectivity index (χ4v) is 1.44. The molecule has 0 unspecified atom stereocenters. The molecule has 0 aromatic heterocycles. The maximum absolute atomic E-state index is 13.6. The fraction of sp³-hybridized carbons (Fsp3) is 0.333. The molecule has 0 aliphatic rings. The normalized spacial score (nSPS) is 11.6. The zero-order chi connectivity index (χ0) is 15.3. The Morgan fingerprint density at radius 1 is 1.35 bits per heavy atom. The third-order valence-electron chi connectivity index (χ3n) is 2.61. The number of hydrogen-bond donors (Lipinski definition) is 2. The minimum Gasteiger partial charge on any atom is -0.478 e. The summed E-state index contributed by atoms with van der Waals surface area (Å²) in [5.74, 6) is -1.69.